The highest BCUT2D eigenvalue weighted by atomic mass is 16.5. The molecule has 9 heteroatoms. The van der Waals surface area contributed by atoms with Gasteiger partial charge in [0.1, 0.15) is 11.7 Å². The number of nitrogens with zero attached hydrogens (tertiary/aromatic N) is 3. The highest BCUT2D eigenvalue weighted by molar-refractivity contribution is 5.97. The van der Waals surface area contributed by atoms with Gasteiger partial charge in [-0.25, -0.2) is 20.4 Å². The summed E-state index contributed by atoms with van der Waals surface area (Å²) in [5, 5.41) is 3.83. The number of H-pyrrole nitrogens is 1. The third kappa shape index (κ3) is 3.54. The van der Waals surface area contributed by atoms with Crippen molar-refractivity contribution in [2.75, 3.05) is 11.9 Å². The van der Waals surface area contributed by atoms with Gasteiger partial charge in [-0.15, -0.1) is 0 Å². The summed E-state index contributed by atoms with van der Waals surface area (Å²) in [6.45, 7) is 6.50. The van der Waals surface area contributed by atoms with Crippen molar-refractivity contribution in [3.05, 3.63) is 30.7 Å². The highest BCUT2D eigenvalue weighted by Crippen LogP contribution is 2.25. The molecule has 0 aromatic carbocycles. The van der Waals surface area contributed by atoms with Crippen LogP contribution in [0.15, 0.2) is 30.7 Å². The predicted molar refractivity (Wildman–Crippen MR) is 106 cm³/mol. The van der Waals surface area contributed by atoms with E-state index in [4.69, 9.17) is 4.74 Å². The summed E-state index contributed by atoms with van der Waals surface area (Å²) < 4.78 is 5.27. The summed E-state index contributed by atoms with van der Waals surface area (Å²) in [6, 6.07) is 4.15. The number of hydrazine groups is 1. The van der Waals surface area contributed by atoms with Gasteiger partial charge in [-0.3, -0.25) is 10.2 Å². The number of carbonyl (C=O) groups excluding carboxylic acids is 1. The lowest BCUT2D eigenvalue weighted by Gasteiger charge is -2.15. The third-order valence-corrected chi connectivity index (χ3v) is 5.01. The highest BCUT2D eigenvalue weighted by Gasteiger charge is 2.34. The van der Waals surface area contributed by atoms with Crippen molar-refractivity contribution in [2.45, 2.75) is 32.9 Å². The minimum absolute atomic E-state index is 0.0822. The number of fused-ring (bicyclic) bond motifs is 1. The topological polar surface area (TPSA) is 117 Å². The Morgan fingerprint density at radius 1 is 1.14 bits per heavy atom. The number of nitrogens with one attached hydrogen (secondary N) is 4. The van der Waals surface area contributed by atoms with E-state index in [0.29, 0.717) is 18.3 Å². The van der Waals surface area contributed by atoms with Crippen LogP contribution in [0.2, 0.25) is 0 Å². The minimum atomic E-state index is -0.284. The van der Waals surface area contributed by atoms with Gasteiger partial charge in [-0.2, -0.15) is 0 Å². The zero-order chi connectivity index (χ0) is 19.7. The van der Waals surface area contributed by atoms with Crippen LogP contribution >= 0.6 is 0 Å². The second kappa shape index (κ2) is 7.53. The average molecular weight is 381 g/mol. The van der Waals surface area contributed by atoms with Crippen molar-refractivity contribution < 1.29 is 9.53 Å². The second-order valence-corrected chi connectivity index (χ2v) is 6.94. The number of aromatic amines is 1. The van der Waals surface area contributed by atoms with Crippen molar-refractivity contribution in [1.29, 1.82) is 0 Å². The first-order valence-electron chi connectivity index (χ1n) is 9.31. The fraction of sp³-hybridized carbons (Fsp3) is 0.368. The molecule has 0 aliphatic carbocycles. The lowest BCUT2D eigenvalue weighted by molar-refractivity contribution is -0.118. The Hall–Kier alpha value is -3.04. The van der Waals surface area contributed by atoms with E-state index in [0.717, 1.165) is 22.3 Å². The van der Waals surface area contributed by atoms with Crippen molar-refractivity contribution in [2.24, 2.45) is 5.92 Å². The number of amides is 1. The predicted octanol–water partition coefficient (Wildman–Crippen LogP) is 1.86. The van der Waals surface area contributed by atoms with Gasteiger partial charge in [0, 0.05) is 29.4 Å². The maximum absolute atomic E-state index is 12.5. The molecule has 1 aliphatic rings. The Kier molecular flexibility index (Phi) is 4.93. The quantitative estimate of drug-likeness (QED) is 0.533. The van der Waals surface area contributed by atoms with Crippen LogP contribution in [0.3, 0.4) is 0 Å². The van der Waals surface area contributed by atoms with E-state index in [2.05, 4.69) is 36.1 Å². The first kappa shape index (κ1) is 18.3. The Morgan fingerprint density at radius 3 is 2.61 bits per heavy atom. The molecule has 0 saturated carbocycles. The lowest BCUT2D eigenvalue weighted by Crippen LogP contribution is -2.41. The molecule has 1 fully saturated rings. The number of anilines is 1. The van der Waals surface area contributed by atoms with E-state index in [1.54, 1.807) is 18.6 Å². The molecule has 4 heterocycles. The van der Waals surface area contributed by atoms with Crippen molar-refractivity contribution >= 4 is 22.6 Å². The van der Waals surface area contributed by atoms with Crippen LogP contribution in [-0.2, 0) is 4.79 Å². The molecule has 3 aromatic heterocycles. The molecule has 28 heavy (non-hydrogen) atoms. The van der Waals surface area contributed by atoms with Crippen molar-refractivity contribution in [1.82, 2.24) is 30.8 Å². The van der Waals surface area contributed by atoms with E-state index < -0.39 is 0 Å². The van der Waals surface area contributed by atoms with Gasteiger partial charge in [-0.05, 0) is 31.9 Å². The zero-order valence-electron chi connectivity index (χ0n) is 16.0. The molecule has 4 rings (SSSR count). The van der Waals surface area contributed by atoms with Crippen LogP contribution < -0.4 is 20.9 Å². The maximum atomic E-state index is 12.5. The van der Waals surface area contributed by atoms with Crippen molar-refractivity contribution in [3.8, 4) is 17.3 Å². The number of hydrogen-bond donors (Lipinski definition) is 4. The number of carbonyl (C=O) groups is 1. The Morgan fingerprint density at radius 2 is 1.93 bits per heavy atom. The molecule has 3 aromatic rings. The summed E-state index contributed by atoms with van der Waals surface area (Å²) >= 11 is 0. The van der Waals surface area contributed by atoms with Crippen LogP contribution in [0, 0.1) is 5.92 Å². The minimum Gasteiger partial charge on any atom is -0.464 e. The summed E-state index contributed by atoms with van der Waals surface area (Å²) in [4.78, 5) is 28.6. The Balaban J connectivity index is 1.52. The molecular weight excluding hydrogens is 358 g/mol. The monoisotopic (exact) mass is 381 g/mol. The fourth-order valence-electron chi connectivity index (χ4n) is 3.20. The van der Waals surface area contributed by atoms with Crippen molar-refractivity contribution in [3.63, 3.8) is 0 Å². The van der Waals surface area contributed by atoms with Crippen LogP contribution in [-0.4, -0.2) is 44.5 Å². The van der Waals surface area contributed by atoms with Gasteiger partial charge in [-0.1, -0.05) is 6.92 Å². The first-order chi connectivity index (χ1) is 13.5. The number of rotatable bonds is 5. The zero-order valence-corrected chi connectivity index (χ0v) is 16.0. The summed E-state index contributed by atoms with van der Waals surface area (Å²) in [5.41, 5.74) is 9.19. The van der Waals surface area contributed by atoms with Crippen LogP contribution in [0.1, 0.15) is 20.8 Å². The average Bonchev–Trinajstić information content (AvgIpc) is 3.26. The maximum Gasteiger partial charge on any atom is 0.316 e. The van der Waals surface area contributed by atoms with E-state index in [-0.39, 0.29) is 23.9 Å². The molecular formula is C19H23N7O2. The Labute approximate surface area is 162 Å². The molecule has 9 nitrogen and oxygen atoms in total. The summed E-state index contributed by atoms with van der Waals surface area (Å²) in [7, 11) is 0. The Bertz CT molecular complexity index is 986. The van der Waals surface area contributed by atoms with Gasteiger partial charge >= 0.3 is 6.01 Å². The smallest absolute Gasteiger partial charge is 0.316 e. The third-order valence-electron chi connectivity index (χ3n) is 5.01. The molecule has 146 valence electrons. The van der Waals surface area contributed by atoms with E-state index >= 15 is 0 Å². The standard InChI is InChI=1S/C19H23N7O2/c1-4-28-19-21-7-13(8-22-19)15-6-12-5-14(9-20-17(12)24-15)23-18(27)16-10(2)11(3)25-26-16/h5-11,16,25-26H,4H2,1-3H3,(H,20,24)(H,23,27). The summed E-state index contributed by atoms with van der Waals surface area (Å²) in [6.07, 6.45) is 5.05. The van der Waals surface area contributed by atoms with Gasteiger partial charge < -0.3 is 15.0 Å². The van der Waals surface area contributed by atoms with E-state index in [9.17, 15) is 4.79 Å². The second-order valence-electron chi connectivity index (χ2n) is 6.94. The molecule has 3 unspecified atom stereocenters. The molecule has 3 atom stereocenters. The first-order valence-corrected chi connectivity index (χ1v) is 9.31. The number of aromatic nitrogens is 4. The fourth-order valence-corrected chi connectivity index (χ4v) is 3.20. The normalized spacial score (nSPS) is 21.8. The molecule has 4 N–H and O–H groups in total. The van der Waals surface area contributed by atoms with Gasteiger partial charge in [0.2, 0.25) is 5.91 Å². The van der Waals surface area contributed by atoms with E-state index in [1.807, 2.05) is 32.9 Å². The van der Waals surface area contributed by atoms with Crippen LogP contribution in [0.4, 0.5) is 5.69 Å². The van der Waals surface area contributed by atoms with E-state index in [1.165, 1.54) is 0 Å². The molecule has 1 amide bonds. The molecule has 1 aliphatic heterocycles. The molecule has 1 saturated heterocycles. The SMILES string of the molecule is CCOc1ncc(-c2cc3cc(NC(=O)C4NNC(C)C4C)cnc3[nH]2)cn1. The van der Waals surface area contributed by atoms with Crippen LogP contribution in [0.25, 0.3) is 22.3 Å². The molecule has 0 bridgehead atoms. The molecule has 0 spiro atoms. The number of ether oxygens (including phenoxy) is 1. The van der Waals surface area contributed by atoms with Crippen LogP contribution in [0.5, 0.6) is 6.01 Å². The van der Waals surface area contributed by atoms with Gasteiger partial charge in [0.15, 0.2) is 0 Å². The number of pyridine rings is 1. The molecule has 0 radical (unpaired) electrons. The van der Waals surface area contributed by atoms with Gasteiger partial charge in [0.05, 0.1) is 24.2 Å². The largest absolute Gasteiger partial charge is 0.464 e. The summed E-state index contributed by atoms with van der Waals surface area (Å²) in [5.74, 6) is 0.108. The van der Waals surface area contributed by atoms with Gasteiger partial charge in [0.25, 0.3) is 0 Å². The lowest BCUT2D eigenvalue weighted by atomic mass is 9.97. The number of hydrogen-bond acceptors (Lipinski definition) is 7.